The number of ether oxygens (including phenoxy) is 1. The zero-order chi connectivity index (χ0) is 28.6. The molecule has 0 fully saturated rings. The summed E-state index contributed by atoms with van der Waals surface area (Å²) in [5.74, 6) is 0.219. The van der Waals surface area contributed by atoms with E-state index in [0.717, 1.165) is 0 Å². The Morgan fingerprint density at radius 3 is 2.71 bits per heavy atom. The molecule has 0 saturated heterocycles. The summed E-state index contributed by atoms with van der Waals surface area (Å²) in [6.07, 6.45) is 5.08. The molecule has 41 heavy (non-hydrogen) atoms. The lowest BCUT2D eigenvalue weighted by Gasteiger charge is -2.13. The van der Waals surface area contributed by atoms with Crippen LogP contribution in [-0.2, 0) is 11.4 Å². The van der Waals surface area contributed by atoms with Crippen molar-refractivity contribution in [1.29, 1.82) is 0 Å². The van der Waals surface area contributed by atoms with Crippen LogP contribution in [0.4, 0.5) is 21.6 Å². The standard InChI is InChI=1S/C29H25ClFN7O3/c30-24-13-22(7-9-26(24)41-16-18-3-1-4-20(31)11-18)38-28-23-12-21(6-8-25(23)33-17-34-28)37-27(39)5-2-10-32-29(40)19-14-35-36-15-19/h1,3-4,6-9,11-15,17H,2,5,10,16H2,(H,32,40)(H,35,36)(H,37,39)(H,33,34,38). The Labute approximate surface area is 239 Å². The molecule has 5 aromatic rings. The molecule has 2 aromatic heterocycles. The number of fused-ring (bicyclic) bond motifs is 1. The number of carbonyl (C=O) groups excluding carboxylic acids is 2. The van der Waals surface area contributed by atoms with Gasteiger partial charge in [-0.05, 0) is 60.5 Å². The van der Waals surface area contributed by atoms with E-state index in [1.54, 1.807) is 48.5 Å². The Balaban J connectivity index is 1.19. The molecule has 4 N–H and O–H groups in total. The van der Waals surface area contributed by atoms with E-state index in [9.17, 15) is 14.0 Å². The van der Waals surface area contributed by atoms with Gasteiger partial charge < -0.3 is 20.7 Å². The van der Waals surface area contributed by atoms with Gasteiger partial charge in [0.2, 0.25) is 5.91 Å². The first-order chi connectivity index (χ1) is 19.9. The first kappa shape index (κ1) is 27.5. The van der Waals surface area contributed by atoms with Crippen molar-refractivity contribution in [2.75, 3.05) is 17.2 Å². The predicted octanol–water partition coefficient (Wildman–Crippen LogP) is 5.62. The first-order valence-corrected chi connectivity index (χ1v) is 13.1. The molecule has 2 heterocycles. The predicted molar refractivity (Wildman–Crippen MR) is 154 cm³/mol. The zero-order valence-electron chi connectivity index (χ0n) is 21.7. The molecule has 0 spiro atoms. The molecule has 0 unspecified atom stereocenters. The maximum atomic E-state index is 13.4. The molecule has 2 amide bonds. The second-order valence-corrected chi connectivity index (χ2v) is 9.44. The van der Waals surface area contributed by atoms with Crippen molar-refractivity contribution >= 4 is 51.5 Å². The van der Waals surface area contributed by atoms with E-state index in [2.05, 4.69) is 36.1 Å². The van der Waals surface area contributed by atoms with E-state index < -0.39 is 0 Å². The monoisotopic (exact) mass is 573 g/mol. The molecule has 208 valence electrons. The van der Waals surface area contributed by atoms with Crippen LogP contribution in [0, 0.1) is 5.82 Å². The number of hydrogen-bond acceptors (Lipinski definition) is 7. The summed E-state index contributed by atoms with van der Waals surface area (Å²) in [5.41, 5.74) is 3.06. The molecule has 0 aliphatic heterocycles. The number of anilines is 3. The van der Waals surface area contributed by atoms with Crippen molar-refractivity contribution in [3.8, 4) is 5.75 Å². The quantitative estimate of drug-likeness (QED) is 0.151. The number of nitrogens with one attached hydrogen (secondary N) is 4. The number of halogens is 2. The fourth-order valence-electron chi connectivity index (χ4n) is 4.01. The average molecular weight is 574 g/mol. The summed E-state index contributed by atoms with van der Waals surface area (Å²) >= 11 is 6.44. The Morgan fingerprint density at radius 1 is 1.02 bits per heavy atom. The first-order valence-electron chi connectivity index (χ1n) is 12.7. The van der Waals surface area contributed by atoms with Gasteiger partial charge in [0.1, 0.15) is 30.3 Å². The fourth-order valence-corrected chi connectivity index (χ4v) is 4.24. The molecule has 0 bridgehead atoms. The summed E-state index contributed by atoms with van der Waals surface area (Å²) in [6.45, 7) is 0.531. The van der Waals surface area contributed by atoms with E-state index in [4.69, 9.17) is 16.3 Å². The van der Waals surface area contributed by atoms with Crippen molar-refractivity contribution in [2.45, 2.75) is 19.4 Å². The second-order valence-electron chi connectivity index (χ2n) is 9.04. The summed E-state index contributed by atoms with van der Waals surface area (Å²) in [6, 6.07) is 16.7. The lowest BCUT2D eigenvalue weighted by molar-refractivity contribution is -0.116. The number of benzene rings is 3. The minimum atomic E-state index is -0.330. The number of aromatic nitrogens is 4. The van der Waals surface area contributed by atoms with Gasteiger partial charge in [-0.25, -0.2) is 14.4 Å². The lowest BCUT2D eigenvalue weighted by atomic mass is 10.2. The Kier molecular flexibility index (Phi) is 8.65. The molecule has 5 rings (SSSR count). The van der Waals surface area contributed by atoms with Crippen molar-refractivity contribution in [1.82, 2.24) is 25.5 Å². The maximum absolute atomic E-state index is 13.4. The van der Waals surface area contributed by atoms with E-state index >= 15 is 0 Å². The van der Waals surface area contributed by atoms with E-state index in [-0.39, 0.29) is 30.7 Å². The van der Waals surface area contributed by atoms with Crippen molar-refractivity contribution < 1.29 is 18.7 Å². The van der Waals surface area contributed by atoms with Crippen LogP contribution in [0.5, 0.6) is 5.75 Å². The van der Waals surface area contributed by atoms with Crippen LogP contribution in [0.3, 0.4) is 0 Å². The van der Waals surface area contributed by atoms with Crippen LogP contribution < -0.4 is 20.7 Å². The van der Waals surface area contributed by atoms with Gasteiger partial charge in [-0.3, -0.25) is 14.7 Å². The number of amides is 2. The molecular formula is C29H25ClFN7O3. The molecule has 0 aliphatic rings. The van der Waals surface area contributed by atoms with Gasteiger partial charge in [0.15, 0.2) is 0 Å². The third-order valence-corrected chi connectivity index (χ3v) is 6.32. The van der Waals surface area contributed by atoms with E-state index in [1.165, 1.54) is 30.9 Å². The minimum Gasteiger partial charge on any atom is -0.487 e. The van der Waals surface area contributed by atoms with Crippen molar-refractivity contribution in [3.05, 3.63) is 101 Å². The molecule has 0 aliphatic carbocycles. The van der Waals surface area contributed by atoms with Gasteiger partial charge in [0.05, 0.1) is 22.3 Å². The Bertz CT molecular complexity index is 1680. The highest BCUT2D eigenvalue weighted by atomic mass is 35.5. The molecule has 0 atom stereocenters. The molecular weight excluding hydrogens is 549 g/mol. The fraction of sp³-hybridized carbons (Fsp3) is 0.138. The van der Waals surface area contributed by atoms with Gasteiger partial charge in [0.25, 0.3) is 5.91 Å². The summed E-state index contributed by atoms with van der Waals surface area (Å²) < 4.78 is 19.2. The van der Waals surface area contributed by atoms with E-state index in [0.29, 0.717) is 63.0 Å². The number of rotatable bonds is 11. The number of H-pyrrole nitrogens is 1. The summed E-state index contributed by atoms with van der Waals surface area (Å²) in [7, 11) is 0. The molecule has 3 aromatic carbocycles. The van der Waals surface area contributed by atoms with Crippen LogP contribution in [0.1, 0.15) is 28.8 Å². The normalized spacial score (nSPS) is 10.8. The highest BCUT2D eigenvalue weighted by Crippen LogP contribution is 2.31. The number of nitrogens with zero attached hydrogens (tertiary/aromatic N) is 3. The summed E-state index contributed by atoms with van der Waals surface area (Å²) in [5, 5.41) is 16.3. The van der Waals surface area contributed by atoms with E-state index in [1.807, 2.05) is 0 Å². The van der Waals surface area contributed by atoms with Crippen LogP contribution in [0.2, 0.25) is 5.02 Å². The van der Waals surface area contributed by atoms with Crippen LogP contribution in [-0.4, -0.2) is 38.5 Å². The highest BCUT2D eigenvalue weighted by molar-refractivity contribution is 6.32. The smallest absolute Gasteiger partial charge is 0.254 e. The topological polar surface area (TPSA) is 134 Å². The van der Waals surface area contributed by atoms with Crippen LogP contribution in [0.15, 0.2) is 79.4 Å². The van der Waals surface area contributed by atoms with Gasteiger partial charge in [0, 0.05) is 35.9 Å². The Hall–Kier alpha value is -5.03. The third-order valence-electron chi connectivity index (χ3n) is 6.02. The van der Waals surface area contributed by atoms with Gasteiger partial charge in [-0.1, -0.05) is 23.7 Å². The van der Waals surface area contributed by atoms with Gasteiger partial charge >= 0.3 is 0 Å². The summed E-state index contributed by atoms with van der Waals surface area (Å²) in [4.78, 5) is 33.1. The van der Waals surface area contributed by atoms with Crippen LogP contribution >= 0.6 is 11.6 Å². The average Bonchev–Trinajstić information content (AvgIpc) is 3.51. The highest BCUT2D eigenvalue weighted by Gasteiger charge is 2.11. The zero-order valence-corrected chi connectivity index (χ0v) is 22.4. The van der Waals surface area contributed by atoms with Crippen LogP contribution in [0.25, 0.3) is 10.9 Å². The number of hydrogen-bond donors (Lipinski definition) is 4. The molecule has 0 radical (unpaired) electrons. The lowest BCUT2D eigenvalue weighted by Crippen LogP contribution is -2.25. The molecule has 0 saturated carbocycles. The third kappa shape index (κ3) is 7.34. The largest absolute Gasteiger partial charge is 0.487 e. The number of carbonyl (C=O) groups is 2. The SMILES string of the molecule is O=C(CCCNC(=O)c1cn[nH]c1)Nc1ccc2ncnc(Nc3ccc(OCc4cccc(F)c4)c(Cl)c3)c2c1. The Morgan fingerprint density at radius 2 is 1.90 bits per heavy atom. The minimum absolute atomic E-state index is 0.176. The second kappa shape index (κ2) is 12.9. The molecule has 12 heteroatoms. The maximum Gasteiger partial charge on any atom is 0.254 e. The van der Waals surface area contributed by atoms with Gasteiger partial charge in [-0.2, -0.15) is 5.10 Å². The van der Waals surface area contributed by atoms with Gasteiger partial charge in [-0.15, -0.1) is 0 Å². The van der Waals surface area contributed by atoms with Crippen molar-refractivity contribution in [2.24, 2.45) is 0 Å². The molecule has 10 nitrogen and oxygen atoms in total. The van der Waals surface area contributed by atoms with Crippen molar-refractivity contribution in [3.63, 3.8) is 0 Å². The number of aromatic amines is 1.